The number of hydrogen-bond donors (Lipinski definition) is 0. The number of methoxy groups -OCH3 is 1. The molecule has 0 aromatic heterocycles. The molecule has 0 radical (unpaired) electrons. The van der Waals surface area contributed by atoms with Gasteiger partial charge in [-0.15, -0.1) is 0 Å². The summed E-state index contributed by atoms with van der Waals surface area (Å²) < 4.78 is 12.2. The summed E-state index contributed by atoms with van der Waals surface area (Å²) in [4.78, 5) is 0. The van der Waals surface area contributed by atoms with Crippen LogP contribution in [0.15, 0.2) is 18.2 Å². The molecule has 0 spiro atoms. The SMILES string of the molecule is CCC12CCC3c4ccc(OC)cc4CC(C)C3C1CCC2OC(C)(C)C. The molecule has 0 N–H and O–H groups in total. The fourth-order valence-electron chi connectivity index (χ4n) is 7.12. The number of rotatable bonds is 3. The third-order valence-electron chi connectivity index (χ3n) is 8.07. The minimum atomic E-state index is -0.0418. The van der Waals surface area contributed by atoms with Gasteiger partial charge in [-0.05, 0) is 112 Å². The number of fused-ring (bicyclic) bond motifs is 5. The molecule has 6 unspecified atom stereocenters. The second-order valence-electron chi connectivity index (χ2n) is 10.5. The summed E-state index contributed by atoms with van der Waals surface area (Å²) >= 11 is 0. The highest BCUT2D eigenvalue weighted by Gasteiger charge is 2.58. The minimum Gasteiger partial charge on any atom is -0.497 e. The molecule has 150 valence electrons. The van der Waals surface area contributed by atoms with Crippen LogP contribution < -0.4 is 4.74 Å². The van der Waals surface area contributed by atoms with Crippen molar-refractivity contribution in [3.05, 3.63) is 29.3 Å². The van der Waals surface area contributed by atoms with Crippen LogP contribution in [-0.4, -0.2) is 18.8 Å². The molecule has 0 heterocycles. The summed E-state index contributed by atoms with van der Waals surface area (Å²) in [7, 11) is 1.78. The van der Waals surface area contributed by atoms with Gasteiger partial charge in [-0.25, -0.2) is 0 Å². The lowest BCUT2D eigenvalue weighted by atomic mass is 9.51. The fourth-order valence-corrected chi connectivity index (χ4v) is 7.12. The minimum absolute atomic E-state index is 0.0418. The average Bonchev–Trinajstić information content (AvgIpc) is 2.98. The number of ether oxygens (including phenoxy) is 2. The molecule has 3 aliphatic carbocycles. The van der Waals surface area contributed by atoms with E-state index in [0.29, 0.717) is 11.5 Å². The molecule has 2 saturated carbocycles. The second-order valence-corrected chi connectivity index (χ2v) is 10.5. The van der Waals surface area contributed by atoms with Crippen molar-refractivity contribution in [2.24, 2.45) is 23.2 Å². The van der Waals surface area contributed by atoms with Crippen LogP contribution in [0.1, 0.15) is 83.8 Å². The third kappa shape index (κ3) is 3.12. The maximum Gasteiger partial charge on any atom is 0.119 e. The van der Waals surface area contributed by atoms with E-state index in [9.17, 15) is 0 Å². The number of hydrogen-bond acceptors (Lipinski definition) is 2. The van der Waals surface area contributed by atoms with E-state index in [0.717, 1.165) is 29.4 Å². The van der Waals surface area contributed by atoms with Gasteiger partial charge in [0, 0.05) is 0 Å². The van der Waals surface area contributed by atoms with E-state index in [1.165, 1.54) is 44.1 Å². The Labute approximate surface area is 166 Å². The highest BCUT2D eigenvalue weighted by Crippen LogP contribution is 2.64. The van der Waals surface area contributed by atoms with Gasteiger partial charge in [-0.2, -0.15) is 0 Å². The molecular formula is C25H38O2. The summed E-state index contributed by atoms with van der Waals surface area (Å²) in [5.41, 5.74) is 3.50. The van der Waals surface area contributed by atoms with Gasteiger partial charge in [0.1, 0.15) is 5.75 Å². The molecule has 2 heteroatoms. The average molecular weight is 371 g/mol. The molecule has 27 heavy (non-hydrogen) atoms. The van der Waals surface area contributed by atoms with Crippen molar-refractivity contribution < 1.29 is 9.47 Å². The first-order chi connectivity index (χ1) is 12.8. The van der Waals surface area contributed by atoms with E-state index < -0.39 is 0 Å². The van der Waals surface area contributed by atoms with E-state index in [4.69, 9.17) is 9.47 Å². The molecule has 4 rings (SSSR count). The summed E-state index contributed by atoms with van der Waals surface area (Å²) in [5.74, 6) is 4.12. The first-order valence-corrected chi connectivity index (χ1v) is 11.1. The van der Waals surface area contributed by atoms with Crippen LogP contribution in [0.4, 0.5) is 0 Å². The Morgan fingerprint density at radius 2 is 1.93 bits per heavy atom. The molecule has 1 aromatic rings. The van der Waals surface area contributed by atoms with Crippen molar-refractivity contribution in [2.75, 3.05) is 7.11 Å². The van der Waals surface area contributed by atoms with Crippen LogP contribution in [0.5, 0.6) is 5.75 Å². The zero-order valence-corrected chi connectivity index (χ0v) is 18.2. The van der Waals surface area contributed by atoms with Crippen LogP contribution in [-0.2, 0) is 11.2 Å². The van der Waals surface area contributed by atoms with Crippen LogP contribution in [0, 0.1) is 23.2 Å². The molecule has 3 aliphatic rings. The highest BCUT2D eigenvalue weighted by atomic mass is 16.5. The van der Waals surface area contributed by atoms with Gasteiger partial charge in [0.25, 0.3) is 0 Å². The van der Waals surface area contributed by atoms with Gasteiger partial charge in [0.05, 0.1) is 18.8 Å². The largest absolute Gasteiger partial charge is 0.497 e. The van der Waals surface area contributed by atoms with Crippen molar-refractivity contribution >= 4 is 0 Å². The predicted molar refractivity (Wildman–Crippen MR) is 111 cm³/mol. The van der Waals surface area contributed by atoms with E-state index in [1.807, 2.05) is 0 Å². The lowest BCUT2D eigenvalue weighted by molar-refractivity contribution is -0.137. The summed E-state index contributed by atoms with van der Waals surface area (Å²) in [6.45, 7) is 11.6. The Hall–Kier alpha value is -1.02. The number of benzene rings is 1. The van der Waals surface area contributed by atoms with E-state index >= 15 is 0 Å². The molecule has 2 fully saturated rings. The zero-order chi connectivity index (χ0) is 19.4. The first kappa shape index (κ1) is 19.3. The molecule has 0 aliphatic heterocycles. The Morgan fingerprint density at radius 1 is 1.15 bits per heavy atom. The monoisotopic (exact) mass is 370 g/mol. The topological polar surface area (TPSA) is 18.5 Å². The third-order valence-corrected chi connectivity index (χ3v) is 8.07. The highest BCUT2D eigenvalue weighted by molar-refractivity contribution is 5.41. The maximum atomic E-state index is 6.66. The Morgan fingerprint density at radius 3 is 2.59 bits per heavy atom. The van der Waals surface area contributed by atoms with Gasteiger partial charge >= 0.3 is 0 Å². The Kier molecular flexibility index (Phi) is 4.86. The second kappa shape index (κ2) is 6.79. The summed E-state index contributed by atoms with van der Waals surface area (Å²) in [6.07, 6.45) is 8.17. The smallest absolute Gasteiger partial charge is 0.119 e. The lowest BCUT2D eigenvalue weighted by Crippen LogP contribution is -2.49. The summed E-state index contributed by atoms with van der Waals surface area (Å²) in [5, 5.41) is 0. The standard InChI is InChI=1S/C25H38O2/c1-7-25-13-12-20-19-9-8-18(26-6)15-17(19)14-16(2)23(20)21(25)10-11-22(25)27-24(3,4)5/h8-9,15-16,20-23H,7,10-14H2,1-6H3. The first-order valence-electron chi connectivity index (χ1n) is 11.1. The zero-order valence-electron chi connectivity index (χ0n) is 18.2. The van der Waals surface area contributed by atoms with Crippen LogP contribution >= 0.6 is 0 Å². The fraction of sp³-hybridized carbons (Fsp3) is 0.760. The van der Waals surface area contributed by atoms with Crippen molar-refractivity contribution in [1.82, 2.24) is 0 Å². The summed E-state index contributed by atoms with van der Waals surface area (Å²) in [6, 6.07) is 6.84. The Balaban J connectivity index is 1.67. The molecule has 0 bridgehead atoms. The van der Waals surface area contributed by atoms with Crippen molar-refractivity contribution in [3.63, 3.8) is 0 Å². The van der Waals surface area contributed by atoms with Crippen LogP contribution in [0.2, 0.25) is 0 Å². The molecule has 6 atom stereocenters. The quantitative estimate of drug-likeness (QED) is 0.615. The molecule has 0 amide bonds. The van der Waals surface area contributed by atoms with Gasteiger partial charge in [-0.1, -0.05) is 19.9 Å². The van der Waals surface area contributed by atoms with Crippen LogP contribution in [0.25, 0.3) is 0 Å². The van der Waals surface area contributed by atoms with Gasteiger partial charge in [0.15, 0.2) is 0 Å². The van der Waals surface area contributed by atoms with Crippen LogP contribution in [0.3, 0.4) is 0 Å². The predicted octanol–water partition coefficient (Wildman–Crippen LogP) is 6.37. The lowest BCUT2D eigenvalue weighted by Gasteiger charge is -2.54. The molecule has 0 saturated heterocycles. The van der Waals surface area contributed by atoms with E-state index in [-0.39, 0.29) is 5.60 Å². The van der Waals surface area contributed by atoms with E-state index in [2.05, 4.69) is 52.8 Å². The molecular weight excluding hydrogens is 332 g/mol. The normalized spacial score (nSPS) is 38.1. The van der Waals surface area contributed by atoms with Gasteiger partial charge in [0.2, 0.25) is 0 Å². The maximum absolute atomic E-state index is 6.66. The Bertz CT molecular complexity index is 688. The van der Waals surface area contributed by atoms with Crippen molar-refractivity contribution in [2.45, 2.75) is 90.8 Å². The van der Waals surface area contributed by atoms with Gasteiger partial charge < -0.3 is 9.47 Å². The van der Waals surface area contributed by atoms with Crippen molar-refractivity contribution in [1.29, 1.82) is 0 Å². The molecule has 2 nitrogen and oxygen atoms in total. The van der Waals surface area contributed by atoms with Crippen molar-refractivity contribution in [3.8, 4) is 5.75 Å². The van der Waals surface area contributed by atoms with Gasteiger partial charge in [-0.3, -0.25) is 0 Å². The van der Waals surface area contributed by atoms with E-state index in [1.54, 1.807) is 12.7 Å². The molecule has 1 aromatic carbocycles.